The van der Waals surface area contributed by atoms with E-state index in [0.717, 1.165) is 43.4 Å². The summed E-state index contributed by atoms with van der Waals surface area (Å²) in [5.74, 6) is -0.238. The highest BCUT2D eigenvalue weighted by atomic mass is 19.4. The lowest BCUT2D eigenvalue weighted by Gasteiger charge is -2.29. The Hall–Kier alpha value is -1.56. The third kappa shape index (κ3) is 4.47. The molecule has 0 aliphatic heterocycles. The average Bonchev–Trinajstić information content (AvgIpc) is 2.95. The summed E-state index contributed by atoms with van der Waals surface area (Å²) in [4.78, 5) is 12.2. The van der Waals surface area contributed by atoms with Gasteiger partial charge in [-0.25, -0.2) is 0 Å². The number of rotatable bonds is 5. The van der Waals surface area contributed by atoms with Crippen LogP contribution in [0.5, 0.6) is 0 Å². The summed E-state index contributed by atoms with van der Waals surface area (Å²) in [7, 11) is 0. The molecule has 0 heterocycles. The number of hydrogen-bond acceptors (Lipinski definition) is 2. The fourth-order valence-electron chi connectivity index (χ4n) is 3.18. The summed E-state index contributed by atoms with van der Waals surface area (Å²) in [5.41, 5.74) is 5.55. The molecule has 0 radical (unpaired) electrons. The van der Waals surface area contributed by atoms with Crippen molar-refractivity contribution in [1.82, 2.24) is 5.32 Å². The molecule has 1 fully saturated rings. The van der Waals surface area contributed by atoms with Gasteiger partial charge in [0, 0.05) is 13.0 Å². The van der Waals surface area contributed by atoms with E-state index >= 15 is 0 Å². The largest absolute Gasteiger partial charge is 0.416 e. The molecule has 1 amide bonds. The topological polar surface area (TPSA) is 55.1 Å². The number of nitrogens with two attached hydrogens (primary N) is 1. The van der Waals surface area contributed by atoms with Crippen molar-refractivity contribution in [2.75, 3.05) is 6.54 Å². The van der Waals surface area contributed by atoms with Gasteiger partial charge in [0.05, 0.1) is 11.1 Å². The van der Waals surface area contributed by atoms with E-state index in [2.05, 4.69) is 5.32 Å². The first kappa shape index (κ1) is 17.8. The normalized spacial score (nSPS) is 18.7. The van der Waals surface area contributed by atoms with Gasteiger partial charge in [0.1, 0.15) is 0 Å². The van der Waals surface area contributed by atoms with Crippen molar-refractivity contribution in [2.45, 2.75) is 56.7 Å². The van der Waals surface area contributed by atoms with Crippen molar-refractivity contribution >= 4 is 5.91 Å². The van der Waals surface area contributed by atoms with Crippen LogP contribution in [0, 0.1) is 0 Å². The Morgan fingerprint density at radius 2 is 1.83 bits per heavy atom. The second-order valence-electron chi connectivity index (χ2n) is 6.46. The Kier molecular flexibility index (Phi) is 5.34. The Morgan fingerprint density at radius 1 is 1.26 bits per heavy atom. The second kappa shape index (κ2) is 6.91. The van der Waals surface area contributed by atoms with Crippen LogP contribution in [0.15, 0.2) is 24.3 Å². The lowest BCUT2D eigenvalue weighted by Crippen LogP contribution is -2.51. The number of nitrogens with one attached hydrogen (secondary N) is 1. The molecular formula is C17H23F3N2O. The van der Waals surface area contributed by atoms with E-state index in [1.807, 2.05) is 6.92 Å². The van der Waals surface area contributed by atoms with E-state index in [4.69, 9.17) is 5.73 Å². The van der Waals surface area contributed by atoms with Gasteiger partial charge in [-0.05, 0) is 36.5 Å². The first-order valence-electron chi connectivity index (χ1n) is 7.94. The fraction of sp³-hybridized carbons (Fsp3) is 0.588. The van der Waals surface area contributed by atoms with Crippen LogP contribution in [0.1, 0.15) is 56.1 Å². The van der Waals surface area contributed by atoms with Crippen molar-refractivity contribution in [3.63, 3.8) is 0 Å². The van der Waals surface area contributed by atoms with Gasteiger partial charge < -0.3 is 11.1 Å². The summed E-state index contributed by atoms with van der Waals surface area (Å²) in [5, 5.41) is 3.03. The minimum Gasteiger partial charge on any atom is -0.349 e. The van der Waals surface area contributed by atoms with Crippen LogP contribution >= 0.6 is 0 Å². The van der Waals surface area contributed by atoms with Gasteiger partial charge in [0.15, 0.2) is 0 Å². The Bertz CT molecular complexity index is 534. The summed E-state index contributed by atoms with van der Waals surface area (Å²) >= 11 is 0. The molecule has 1 aromatic rings. The zero-order valence-electron chi connectivity index (χ0n) is 13.2. The minimum atomic E-state index is -4.34. The number of hydrogen-bond donors (Lipinski definition) is 2. The SMILES string of the molecule is CC(CC(=O)NC1(CN)CCCC1)c1ccc(C(F)(F)F)cc1. The molecule has 1 saturated carbocycles. The zero-order valence-corrected chi connectivity index (χ0v) is 13.2. The molecule has 1 unspecified atom stereocenters. The summed E-state index contributed by atoms with van der Waals surface area (Å²) in [6, 6.07) is 4.99. The van der Waals surface area contributed by atoms with Crippen LogP contribution in [0.4, 0.5) is 13.2 Å². The van der Waals surface area contributed by atoms with E-state index in [9.17, 15) is 18.0 Å². The molecule has 3 nitrogen and oxygen atoms in total. The van der Waals surface area contributed by atoms with E-state index < -0.39 is 11.7 Å². The highest BCUT2D eigenvalue weighted by molar-refractivity contribution is 5.77. The van der Waals surface area contributed by atoms with Crippen LogP contribution in [-0.2, 0) is 11.0 Å². The Morgan fingerprint density at radius 3 is 2.30 bits per heavy atom. The summed E-state index contributed by atoms with van der Waals surface area (Å²) in [6.07, 6.45) is -0.187. The zero-order chi connectivity index (χ0) is 17.1. The molecule has 0 bridgehead atoms. The quantitative estimate of drug-likeness (QED) is 0.868. The number of benzene rings is 1. The molecule has 0 aromatic heterocycles. The van der Waals surface area contributed by atoms with E-state index in [1.54, 1.807) is 0 Å². The molecule has 1 aliphatic rings. The molecule has 23 heavy (non-hydrogen) atoms. The second-order valence-corrected chi connectivity index (χ2v) is 6.46. The van der Waals surface area contributed by atoms with Crippen LogP contribution in [-0.4, -0.2) is 18.0 Å². The molecule has 1 aliphatic carbocycles. The van der Waals surface area contributed by atoms with Crippen LogP contribution in [0.3, 0.4) is 0 Å². The molecule has 128 valence electrons. The van der Waals surface area contributed by atoms with E-state index in [1.165, 1.54) is 12.1 Å². The van der Waals surface area contributed by atoms with E-state index in [-0.39, 0.29) is 23.8 Å². The lowest BCUT2D eigenvalue weighted by molar-refractivity contribution is -0.137. The lowest BCUT2D eigenvalue weighted by atomic mass is 9.94. The highest BCUT2D eigenvalue weighted by Gasteiger charge is 2.34. The third-order valence-electron chi connectivity index (χ3n) is 4.65. The van der Waals surface area contributed by atoms with Crippen molar-refractivity contribution in [3.05, 3.63) is 35.4 Å². The number of halogens is 3. The van der Waals surface area contributed by atoms with Gasteiger partial charge in [-0.15, -0.1) is 0 Å². The van der Waals surface area contributed by atoms with Crippen molar-refractivity contribution < 1.29 is 18.0 Å². The molecule has 1 aromatic carbocycles. The van der Waals surface area contributed by atoms with Gasteiger partial charge in [-0.3, -0.25) is 4.79 Å². The van der Waals surface area contributed by atoms with Gasteiger partial charge in [-0.1, -0.05) is 31.9 Å². The number of carbonyl (C=O) groups is 1. The molecule has 1 atom stereocenters. The Balaban J connectivity index is 1.95. The average molecular weight is 328 g/mol. The van der Waals surface area contributed by atoms with Crippen molar-refractivity contribution in [3.8, 4) is 0 Å². The number of amides is 1. The Labute approximate surface area is 134 Å². The smallest absolute Gasteiger partial charge is 0.349 e. The maximum atomic E-state index is 12.6. The van der Waals surface area contributed by atoms with Crippen molar-refractivity contribution in [1.29, 1.82) is 0 Å². The third-order valence-corrected chi connectivity index (χ3v) is 4.65. The molecule has 0 saturated heterocycles. The molecular weight excluding hydrogens is 305 g/mol. The molecule has 6 heteroatoms. The molecule has 2 rings (SSSR count). The van der Waals surface area contributed by atoms with Crippen LogP contribution in [0.2, 0.25) is 0 Å². The van der Waals surface area contributed by atoms with E-state index in [0.29, 0.717) is 6.54 Å². The summed E-state index contributed by atoms with van der Waals surface area (Å²) < 4.78 is 37.7. The van der Waals surface area contributed by atoms with Crippen LogP contribution in [0.25, 0.3) is 0 Å². The first-order chi connectivity index (χ1) is 10.8. The molecule has 3 N–H and O–H groups in total. The van der Waals surface area contributed by atoms with Gasteiger partial charge >= 0.3 is 6.18 Å². The minimum absolute atomic E-state index is 0.0928. The highest BCUT2D eigenvalue weighted by Crippen LogP contribution is 2.31. The van der Waals surface area contributed by atoms with Gasteiger partial charge in [-0.2, -0.15) is 13.2 Å². The predicted octanol–water partition coefficient (Wildman–Crippen LogP) is 3.59. The standard InChI is InChI=1S/C17H23F3N2O/c1-12(13-4-6-14(7-5-13)17(18,19)20)10-15(23)22-16(11-21)8-2-3-9-16/h4-7,12H,2-3,8-11,21H2,1H3,(H,22,23). The van der Waals surface area contributed by atoms with Crippen molar-refractivity contribution in [2.24, 2.45) is 5.73 Å². The summed E-state index contributed by atoms with van der Waals surface area (Å²) in [6.45, 7) is 2.26. The number of carbonyl (C=O) groups excluding carboxylic acids is 1. The maximum absolute atomic E-state index is 12.6. The monoisotopic (exact) mass is 328 g/mol. The molecule has 0 spiro atoms. The first-order valence-corrected chi connectivity index (χ1v) is 7.94. The van der Waals surface area contributed by atoms with Gasteiger partial charge in [0.2, 0.25) is 5.91 Å². The maximum Gasteiger partial charge on any atom is 0.416 e. The number of alkyl halides is 3. The predicted molar refractivity (Wildman–Crippen MR) is 82.9 cm³/mol. The fourth-order valence-corrected chi connectivity index (χ4v) is 3.18. The van der Waals surface area contributed by atoms with Gasteiger partial charge in [0.25, 0.3) is 0 Å². The van der Waals surface area contributed by atoms with Crippen LogP contribution < -0.4 is 11.1 Å².